The summed E-state index contributed by atoms with van der Waals surface area (Å²) < 4.78 is 5.73. The number of anilines is 1. The predicted molar refractivity (Wildman–Crippen MR) is 129 cm³/mol. The van der Waals surface area contributed by atoms with Gasteiger partial charge in [-0.25, -0.2) is 0 Å². The van der Waals surface area contributed by atoms with Crippen molar-refractivity contribution in [2.24, 2.45) is 5.41 Å². The number of fused-ring (bicyclic) bond motifs is 2. The van der Waals surface area contributed by atoms with Crippen LogP contribution in [0.4, 0.5) is 5.69 Å². The number of nitrogens with zero attached hydrogens (tertiary/aromatic N) is 2. The Labute approximate surface area is 194 Å². The average Bonchev–Trinajstić information content (AvgIpc) is 3.53. The molecule has 2 aliphatic rings. The maximum atomic E-state index is 12.8. The molecular formula is C26H34N4O3. The number of ether oxygens (including phenoxy) is 1. The van der Waals surface area contributed by atoms with Gasteiger partial charge in [0.2, 0.25) is 0 Å². The number of hydrogen-bond donors (Lipinski definition) is 3. The molecule has 0 aliphatic heterocycles. The highest BCUT2D eigenvalue weighted by Crippen LogP contribution is 2.38. The molecule has 0 radical (unpaired) electrons. The van der Waals surface area contributed by atoms with E-state index >= 15 is 0 Å². The third-order valence-corrected chi connectivity index (χ3v) is 7.32. The Balaban J connectivity index is 1.32. The highest BCUT2D eigenvalue weighted by molar-refractivity contribution is 5.98. The summed E-state index contributed by atoms with van der Waals surface area (Å²) in [6, 6.07) is 7.97. The molecule has 3 aromatic rings. The zero-order valence-electron chi connectivity index (χ0n) is 19.8. The van der Waals surface area contributed by atoms with Crippen LogP contribution in [0.3, 0.4) is 0 Å². The summed E-state index contributed by atoms with van der Waals surface area (Å²) in [6.45, 7) is 4.65. The number of H-pyrrole nitrogens is 2. The number of aromatic nitrogens is 3. The second-order valence-electron chi connectivity index (χ2n) is 10.5. The molecule has 1 aromatic carbocycles. The summed E-state index contributed by atoms with van der Waals surface area (Å²) in [5, 5.41) is 19.3. The minimum absolute atomic E-state index is 0.0454. The third-order valence-electron chi connectivity index (χ3n) is 7.32. The largest absolute Gasteiger partial charge is 0.381 e. The Kier molecular flexibility index (Phi) is 5.79. The van der Waals surface area contributed by atoms with E-state index in [1.165, 1.54) is 16.2 Å². The van der Waals surface area contributed by atoms with E-state index < -0.39 is 6.10 Å². The molecule has 1 fully saturated rings. The quantitative estimate of drug-likeness (QED) is 0.520. The van der Waals surface area contributed by atoms with Gasteiger partial charge in [-0.2, -0.15) is 5.10 Å². The molecular weight excluding hydrogens is 416 g/mol. The fourth-order valence-corrected chi connectivity index (χ4v) is 5.23. The number of aliphatic hydroxyl groups excluding tert-OH is 1. The van der Waals surface area contributed by atoms with E-state index in [4.69, 9.17) is 4.74 Å². The van der Waals surface area contributed by atoms with Gasteiger partial charge in [0.15, 0.2) is 6.10 Å². The summed E-state index contributed by atoms with van der Waals surface area (Å²) in [5.41, 5.74) is 6.48. The highest BCUT2D eigenvalue weighted by Gasteiger charge is 2.29. The first-order chi connectivity index (χ1) is 15.8. The molecule has 5 rings (SSSR count). The number of hydrogen-bond acceptors (Lipinski definition) is 4. The molecule has 0 saturated heterocycles. The van der Waals surface area contributed by atoms with Crippen molar-refractivity contribution in [1.29, 1.82) is 0 Å². The summed E-state index contributed by atoms with van der Waals surface area (Å²) in [6.07, 6.45) is 6.54. The lowest BCUT2D eigenvalue weighted by Gasteiger charge is -2.28. The molecule has 2 aliphatic carbocycles. The minimum Gasteiger partial charge on any atom is -0.381 e. The third kappa shape index (κ3) is 4.44. The lowest BCUT2D eigenvalue weighted by atomic mass is 9.76. The number of likely N-dealkylation sites (N-methyl/N-ethyl adjacent to an activating group) is 1. The van der Waals surface area contributed by atoms with E-state index in [9.17, 15) is 9.90 Å². The monoisotopic (exact) mass is 450 g/mol. The van der Waals surface area contributed by atoms with Gasteiger partial charge in [-0.1, -0.05) is 32.8 Å². The van der Waals surface area contributed by atoms with Crippen LogP contribution in [-0.2, 0) is 22.4 Å². The fourth-order valence-electron chi connectivity index (χ4n) is 5.23. The molecule has 33 heavy (non-hydrogen) atoms. The molecule has 2 aromatic heterocycles. The van der Waals surface area contributed by atoms with Gasteiger partial charge in [-0.05, 0) is 55.7 Å². The van der Waals surface area contributed by atoms with E-state index in [-0.39, 0.29) is 18.6 Å². The number of carbonyl (C=O) groups excluding carboxylic acids is 1. The maximum absolute atomic E-state index is 12.8. The van der Waals surface area contributed by atoms with E-state index in [1.54, 1.807) is 7.05 Å². The van der Waals surface area contributed by atoms with Crippen LogP contribution in [-0.4, -0.2) is 52.1 Å². The molecule has 1 saturated carbocycles. The number of aliphatic hydroxyl groups is 1. The number of nitrogens with one attached hydrogen (secondary N) is 2. The number of benzene rings is 1. The van der Waals surface area contributed by atoms with Gasteiger partial charge in [0, 0.05) is 34.9 Å². The van der Waals surface area contributed by atoms with Crippen molar-refractivity contribution in [2.45, 2.75) is 71.0 Å². The molecule has 1 amide bonds. The molecule has 7 nitrogen and oxygen atoms in total. The molecule has 0 bridgehead atoms. The van der Waals surface area contributed by atoms with Gasteiger partial charge < -0.3 is 19.7 Å². The number of amides is 1. The van der Waals surface area contributed by atoms with Crippen molar-refractivity contribution in [2.75, 3.05) is 18.6 Å². The normalized spacial score (nSPS) is 19.0. The Hall–Kier alpha value is -2.64. The van der Waals surface area contributed by atoms with Crippen molar-refractivity contribution in [3.8, 4) is 11.4 Å². The average molecular weight is 451 g/mol. The lowest BCUT2D eigenvalue weighted by Crippen LogP contribution is -2.39. The maximum Gasteiger partial charge on any atom is 0.257 e. The van der Waals surface area contributed by atoms with Gasteiger partial charge in [0.25, 0.3) is 5.91 Å². The SMILES string of the molecule is CN(C(=O)C(O)COC1CCCC1)c1ccc2cc(-c3n[nH]c4c3CCC(C)(C)C4)[nH]c2c1. The number of aromatic amines is 2. The first kappa shape index (κ1) is 22.2. The Morgan fingerprint density at radius 1 is 1.30 bits per heavy atom. The Bertz CT molecular complexity index is 1160. The van der Waals surface area contributed by atoms with Crippen molar-refractivity contribution in [3.05, 3.63) is 35.5 Å². The molecule has 2 heterocycles. The Morgan fingerprint density at radius 3 is 2.88 bits per heavy atom. The van der Waals surface area contributed by atoms with Crippen LogP contribution in [0.15, 0.2) is 24.3 Å². The lowest BCUT2D eigenvalue weighted by molar-refractivity contribution is -0.130. The molecule has 1 atom stereocenters. The molecule has 3 N–H and O–H groups in total. The summed E-state index contributed by atoms with van der Waals surface area (Å²) in [7, 11) is 1.69. The van der Waals surface area contributed by atoms with Crippen molar-refractivity contribution in [3.63, 3.8) is 0 Å². The second kappa shape index (κ2) is 8.61. The summed E-state index contributed by atoms with van der Waals surface area (Å²) >= 11 is 0. The van der Waals surface area contributed by atoms with Crippen molar-refractivity contribution in [1.82, 2.24) is 15.2 Å². The van der Waals surface area contributed by atoms with Crippen LogP contribution in [0, 0.1) is 5.41 Å². The smallest absolute Gasteiger partial charge is 0.257 e. The summed E-state index contributed by atoms with van der Waals surface area (Å²) in [5.74, 6) is -0.358. The predicted octanol–water partition coefficient (Wildman–Crippen LogP) is 4.36. The first-order valence-corrected chi connectivity index (χ1v) is 12.1. The number of rotatable bonds is 6. The molecule has 176 valence electrons. The van der Waals surface area contributed by atoms with Gasteiger partial charge in [0.05, 0.1) is 18.4 Å². The standard InChI is InChI=1S/C26H34N4O3/c1-26(2)11-10-19-22(14-26)28-29-24(19)21-12-16-8-9-17(13-20(16)27-21)30(3)25(32)23(31)15-33-18-6-4-5-7-18/h8-9,12-13,18,23,27,31H,4-7,10-11,14-15H2,1-3H3,(H,28,29). The fraction of sp³-hybridized carbons (Fsp3) is 0.538. The van der Waals surface area contributed by atoms with Gasteiger partial charge in [0.1, 0.15) is 5.69 Å². The highest BCUT2D eigenvalue weighted by atomic mass is 16.5. The molecule has 7 heteroatoms. The van der Waals surface area contributed by atoms with E-state index in [0.29, 0.717) is 5.41 Å². The van der Waals surface area contributed by atoms with E-state index in [2.05, 4.69) is 35.1 Å². The van der Waals surface area contributed by atoms with Crippen LogP contribution >= 0.6 is 0 Å². The summed E-state index contributed by atoms with van der Waals surface area (Å²) in [4.78, 5) is 17.7. The zero-order chi connectivity index (χ0) is 23.2. The Morgan fingerprint density at radius 2 is 2.09 bits per heavy atom. The first-order valence-electron chi connectivity index (χ1n) is 12.1. The molecule has 0 spiro atoms. The van der Waals surface area contributed by atoms with Crippen LogP contribution in [0.25, 0.3) is 22.3 Å². The van der Waals surface area contributed by atoms with E-state index in [0.717, 1.165) is 72.9 Å². The van der Waals surface area contributed by atoms with Gasteiger partial charge in [-0.15, -0.1) is 0 Å². The van der Waals surface area contributed by atoms with E-state index in [1.807, 2.05) is 18.2 Å². The minimum atomic E-state index is -1.16. The van der Waals surface area contributed by atoms with Crippen LogP contribution in [0.2, 0.25) is 0 Å². The number of carbonyl (C=O) groups is 1. The molecule has 1 unspecified atom stereocenters. The van der Waals surface area contributed by atoms with Gasteiger partial charge in [-0.3, -0.25) is 9.89 Å². The van der Waals surface area contributed by atoms with Crippen molar-refractivity contribution < 1.29 is 14.6 Å². The van der Waals surface area contributed by atoms with Crippen molar-refractivity contribution >= 4 is 22.5 Å². The van der Waals surface area contributed by atoms with Crippen LogP contribution < -0.4 is 4.90 Å². The zero-order valence-corrected chi connectivity index (χ0v) is 19.8. The van der Waals surface area contributed by atoms with Crippen LogP contribution in [0.1, 0.15) is 57.2 Å². The van der Waals surface area contributed by atoms with Crippen LogP contribution in [0.5, 0.6) is 0 Å². The van der Waals surface area contributed by atoms with Gasteiger partial charge >= 0.3 is 0 Å². The topological polar surface area (TPSA) is 94.2 Å². The second-order valence-corrected chi connectivity index (χ2v) is 10.5.